The number of hydrogen-bond donors (Lipinski definition) is 2. The molecule has 10 heteroatoms. The lowest BCUT2D eigenvalue weighted by atomic mass is 10.2. The lowest BCUT2D eigenvalue weighted by Crippen LogP contribution is -2.41. The lowest BCUT2D eigenvalue weighted by Gasteiger charge is -2.14. The second kappa shape index (κ2) is 6.65. The summed E-state index contributed by atoms with van der Waals surface area (Å²) in [6, 6.07) is 1.63. The van der Waals surface area contributed by atoms with Crippen LogP contribution in [0.1, 0.15) is 18.4 Å². The number of aryl methyl sites for hydroxylation is 2. The average Bonchev–Trinajstić information content (AvgIpc) is 2.82. The van der Waals surface area contributed by atoms with Gasteiger partial charge in [0, 0.05) is 11.8 Å². The van der Waals surface area contributed by atoms with Crippen molar-refractivity contribution in [2.75, 3.05) is 5.32 Å². The Morgan fingerprint density at radius 1 is 1.25 bits per heavy atom. The van der Waals surface area contributed by atoms with Crippen LogP contribution in [0.15, 0.2) is 27.6 Å². The molecule has 0 fully saturated rings. The maximum atomic E-state index is 13.1. The van der Waals surface area contributed by atoms with Gasteiger partial charge in [-0.1, -0.05) is 5.16 Å². The molecule has 2 N–H and O–H groups in total. The van der Waals surface area contributed by atoms with Crippen molar-refractivity contribution in [3.05, 3.63) is 41.3 Å². The van der Waals surface area contributed by atoms with Crippen LogP contribution in [0.4, 0.5) is 14.5 Å². The van der Waals surface area contributed by atoms with Crippen molar-refractivity contribution < 1.29 is 26.5 Å². The fourth-order valence-electron chi connectivity index (χ4n) is 2.03. The minimum atomic E-state index is -4.03. The van der Waals surface area contributed by atoms with Gasteiger partial charge in [0.25, 0.3) is 0 Å². The highest BCUT2D eigenvalue weighted by molar-refractivity contribution is 7.89. The second-order valence-corrected chi connectivity index (χ2v) is 6.77. The number of anilines is 1. The fourth-order valence-corrected chi connectivity index (χ4v) is 3.56. The van der Waals surface area contributed by atoms with Crippen molar-refractivity contribution in [1.29, 1.82) is 0 Å². The van der Waals surface area contributed by atoms with Gasteiger partial charge in [-0.2, -0.15) is 4.72 Å². The number of halogens is 2. The van der Waals surface area contributed by atoms with Crippen LogP contribution in [0.2, 0.25) is 0 Å². The summed E-state index contributed by atoms with van der Waals surface area (Å²) in [6.45, 7) is 4.20. The third kappa shape index (κ3) is 3.77. The van der Waals surface area contributed by atoms with E-state index in [0.717, 1.165) is 18.2 Å². The number of hydrogen-bond acceptors (Lipinski definition) is 5. The Morgan fingerprint density at radius 3 is 2.46 bits per heavy atom. The molecule has 0 saturated heterocycles. The molecular formula is C14H15F2N3O4S. The van der Waals surface area contributed by atoms with E-state index in [1.807, 2.05) is 0 Å². The summed E-state index contributed by atoms with van der Waals surface area (Å²) in [5.74, 6) is -2.83. The summed E-state index contributed by atoms with van der Waals surface area (Å²) in [4.78, 5) is 11.9. The number of amides is 1. The van der Waals surface area contributed by atoms with Gasteiger partial charge in [-0.05, 0) is 32.9 Å². The molecule has 1 amide bonds. The second-order valence-electron chi connectivity index (χ2n) is 5.11. The van der Waals surface area contributed by atoms with Gasteiger partial charge in [0.2, 0.25) is 15.9 Å². The van der Waals surface area contributed by atoms with Crippen molar-refractivity contribution in [2.45, 2.75) is 31.7 Å². The molecule has 1 aromatic carbocycles. The summed E-state index contributed by atoms with van der Waals surface area (Å²) in [5, 5.41) is 5.84. The summed E-state index contributed by atoms with van der Waals surface area (Å²) in [7, 11) is -4.03. The smallest absolute Gasteiger partial charge is 0.246 e. The number of rotatable bonds is 5. The van der Waals surface area contributed by atoms with E-state index in [0.29, 0.717) is 0 Å². The number of nitrogens with zero attached hydrogens (tertiary/aromatic N) is 1. The van der Waals surface area contributed by atoms with Gasteiger partial charge in [0.15, 0.2) is 17.4 Å². The third-order valence-electron chi connectivity index (χ3n) is 3.15. The maximum Gasteiger partial charge on any atom is 0.246 e. The molecule has 0 aliphatic heterocycles. The van der Waals surface area contributed by atoms with Gasteiger partial charge in [-0.3, -0.25) is 4.79 Å². The molecule has 0 radical (unpaired) electrons. The predicted octanol–water partition coefficient (Wildman–Crippen LogP) is 1.88. The highest BCUT2D eigenvalue weighted by Gasteiger charge is 2.28. The normalized spacial score (nSPS) is 12.9. The molecule has 0 bridgehead atoms. The van der Waals surface area contributed by atoms with Crippen molar-refractivity contribution in [2.24, 2.45) is 0 Å². The Bertz CT molecular complexity index is 861. The molecule has 0 aliphatic rings. The first-order valence-electron chi connectivity index (χ1n) is 6.83. The van der Waals surface area contributed by atoms with Crippen LogP contribution in [0.3, 0.4) is 0 Å². The molecule has 0 unspecified atom stereocenters. The Hall–Kier alpha value is -2.33. The molecule has 0 aliphatic carbocycles. The van der Waals surface area contributed by atoms with Crippen LogP contribution in [-0.2, 0) is 14.8 Å². The van der Waals surface area contributed by atoms with E-state index in [2.05, 4.69) is 15.2 Å². The van der Waals surface area contributed by atoms with E-state index in [1.165, 1.54) is 20.8 Å². The van der Waals surface area contributed by atoms with Gasteiger partial charge in [0.1, 0.15) is 10.6 Å². The monoisotopic (exact) mass is 359 g/mol. The van der Waals surface area contributed by atoms with Crippen LogP contribution in [0.5, 0.6) is 0 Å². The molecule has 0 spiro atoms. The zero-order valence-corrected chi connectivity index (χ0v) is 13.9. The molecule has 1 aromatic heterocycles. The van der Waals surface area contributed by atoms with Crippen molar-refractivity contribution in [3.63, 3.8) is 0 Å². The SMILES string of the molecule is Cc1noc(C)c1S(=O)(=O)N[C@@H](C)C(=O)Nc1ccc(F)c(F)c1. The lowest BCUT2D eigenvalue weighted by molar-refractivity contribution is -0.117. The third-order valence-corrected chi connectivity index (χ3v) is 4.93. The zero-order valence-electron chi connectivity index (χ0n) is 13.1. The summed E-state index contributed by atoms with van der Waals surface area (Å²) >= 11 is 0. The molecule has 1 heterocycles. The molecule has 1 atom stereocenters. The van der Waals surface area contributed by atoms with E-state index >= 15 is 0 Å². The molecule has 7 nitrogen and oxygen atoms in total. The standard InChI is InChI=1S/C14H15F2N3O4S/c1-7-13(9(3)23-18-7)24(21,22)19-8(2)14(20)17-10-4-5-11(15)12(16)6-10/h4-6,8,19H,1-3H3,(H,17,20)/t8-/m0/s1. The maximum absolute atomic E-state index is 13.1. The predicted molar refractivity (Wildman–Crippen MR) is 80.7 cm³/mol. The fraction of sp³-hybridized carbons (Fsp3) is 0.286. The molecular weight excluding hydrogens is 344 g/mol. The van der Waals surface area contributed by atoms with Gasteiger partial charge in [-0.15, -0.1) is 0 Å². The summed E-state index contributed by atoms with van der Waals surface area (Å²) in [5.41, 5.74) is 0.163. The van der Waals surface area contributed by atoms with Crippen molar-refractivity contribution >= 4 is 21.6 Å². The number of benzene rings is 1. The Balaban J connectivity index is 2.12. The highest BCUT2D eigenvalue weighted by atomic mass is 32.2. The van der Waals surface area contributed by atoms with Gasteiger partial charge in [0.05, 0.1) is 6.04 Å². The van der Waals surface area contributed by atoms with E-state index in [-0.39, 0.29) is 22.0 Å². The van der Waals surface area contributed by atoms with Gasteiger partial charge in [-0.25, -0.2) is 17.2 Å². The van der Waals surface area contributed by atoms with Crippen LogP contribution in [0, 0.1) is 25.5 Å². The molecule has 2 aromatic rings. The first kappa shape index (κ1) is 18.0. The minimum Gasteiger partial charge on any atom is -0.360 e. The Labute approximate surface area is 137 Å². The largest absolute Gasteiger partial charge is 0.360 e. The van der Waals surface area contributed by atoms with Crippen molar-refractivity contribution in [3.8, 4) is 0 Å². The number of nitrogens with one attached hydrogen (secondary N) is 2. The Kier molecular flexibility index (Phi) is 4.99. The van der Waals surface area contributed by atoms with Gasteiger partial charge >= 0.3 is 0 Å². The highest BCUT2D eigenvalue weighted by Crippen LogP contribution is 2.19. The molecule has 2 rings (SSSR count). The van der Waals surface area contributed by atoms with Crippen molar-refractivity contribution in [1.82, 2.24) is 9.88 Å². The van der Waals surface area contributed by atoms with E-state index in [1.54, 1.807) is 0 Å². The first-order valence-corrected chi connectivity index (χ1v) is 8.31. The van der Waals surface area contributed by atoms with Crippen LogP contribution in [-0.4, -0.2) is 25.5 Å². The molecule has 24 heavy (non-hydrogen) atoms. The van der Waals surface area contributed by atoms with E-state index in [9.17, 15) is 22.0 Å². The number of aromatic nitrogens is 1. The summed E-state index contributed by atoms with van der Waals surface area (Å²) < 4.78 is 57.6. The number of sulfonamides is 1. The minimum absolute atomic E-state index is 0.00212. The molecule has 130 valence electrons. The zero-order chi connectivity index (χ0) is 18.1. The topological polar surface area (TPSA) is 101 Å². The van der Waals surface area contributed by atoms with Crippen LogP contribution >= 0.6 is 0 Å². The molecule has 0 saturated carbocycles. The summed E-state index contributed by atoms with van der Waals surface area (Å²) in [6.07, 6.45) is 0. The number of carbonyl (C=O) groups excluding carboxylic acids is 1. The first-order chi connectivity index (χ1) is 11.1. The van der Waals surface area contributed by atoms with Gasteiger partial charge < -0.3 is 9.84 Å². The van der Waals surface area contributed by atoms with E-state index in [4.69, 9.17) is 4.52 Å². The van der Waals surface area contributed by atoms with Crippen LogP contribution < -0.4 is 10.0 Å². The Morgan fingerprint density at radius 2 is 1.92 bits per heavy atom. The quantitative estimate of drug-likeness (QED) is 0.849. The number of carbonyl (C=O) groups is 1. The average molecular weight is 359 g/mol. The van der Waals surface area contributed by atoms with Crippen LogP contribution in [0.25, 0.3) is 0 Å². The van der Waals surface area contributed by atoms with E-state index < -0.39 is 33.6 Å².